The maximum Gasteiger partial charge on any atom is 0.148 e. The van der Waals surface area contributed by atoms with Crippen molar-refractivity contribution in [1.82, 2.24) is 4.57 Å². The molecule has 0 saturated heterocycles. The van der Waals surface area contributed by atoms with Gasteiger partial charge in [0.25, 0.3) is 0 Å². The summed E-state index contributed by atoms with van der Waals surface area (Å²) >= 11 is 0. The standard InChI is InChI=1S/C62H39FN2/c63-56-37-49(40-13-4-1-5-14-40)36-55(43-16-6-2-7-17-43)62(56)64(50-21-8-3-9-22-50)51-30-25-42(26-31-51)47-29-33-53-57(38-47)65(52-32-27-41-15-10-11-18-46(41)35-52)58-39-48-24-23-44-19-12-20-45-28-34-54(61(53)58)60(48)59(44)45/h1-39H. The predicted octanol–water partition coefficient (Wildman–Crippen LogP) is 17.4. The summed E-state index contributed by atoms with van der Waals surface area (Å²) in [6, 6.07) is 83.0. The molecule has 0 N–H and O–H groups in total. The minimum atomic E-state index is -0.295. The van der Waals surface area contributed by atoms with Crippen molar-refractivity contribution in [3.05, 3.63) is 242 Å². The van der Waals surface area contributed by atoms with Crippen molar-refractivity contribution in [2.45, 2.75) is 0 Å². The lowest BCUT2D eigenvalue weighted by Gasteiger charge is -2.29. The minimum Gasteiger partial charge on any atom is -0.309 e. The number of rotatable bonds is 7. The van der Waals surface area contributed by atoms with Crippen LogP contribution in [0.5, 0.6) is 0 Å². The van der Waals surface area contributed by atoms with E-state index in [0.717, 1.165) is 56.0 Å². The van der Waals surface area contributed by atoms with E-state index in [-0.39, 0.29) is 5.82 Å². The zero-order valence-corrected chi connectivity index (χ0v) is 35.3. The molecule has 0 atom stereocenters. The van der Waals surface area contributed by atoms with Crippen LogP contribution in [0.3, 0.4) is 0 Å². The van der Waals surface area contributed by atoms with Crippen LogP contribution in [0.4, 0.5) is 21.5 Å². The Morgan fingerprint density at radius 1 is 0.323 bits per heavy atom. The average molecular weight is 831 g/mol. The largest absolute Gasteiger partial charge is 0.309 e. The highest BCUT2D eigenvalue weighted by Crippen LogP contribution is 2.47. The van der Waals surface area contributed by atoms with Crippen molar-refractivity contribution in [2.75, 3.05) is 4.90 Å². The Kier molecular flexibility index (Phi) is 8.44. The second-order valence-corrected chi connectivity index (χ2v) is 17.0. The summed E-state index contributed by atoms with van der Waals surface area (Å²) in [6.45, 7) is 0. The van der Waals surface area contributed by atoms with Crippen molar-refractivity contribution in [3.8, 4) is 39.1 Å². The summed E-state index contributed by atoms with van der Waals surface area (Å²) in [5.74, 6) is -0.295. The predicted molar refractivity (Wildman–Crippen MR) is 273 cm³/mol. The van der Waals surface area contributed by atoms with Crippen LogP contribution in [0, 0.1) is 5.82 Å². The number of hydrogen-bond acceptors (Lipinski definition) is 1. The van der Waals surface area contributed by atoms with Crippen LogP contribution >= 0.6 is 0 Å². The first-order valence-electron chi connectivity index (χ1n) is 22.2. The number of nitrogens with zero attached hydrogens (tertiary/aromatic N) is 2. The molecule has 1 heterocycles. The lowest BCUT2D eigenvalue weighted by Crippen LogP contribution is -2.13. The second kappa shape index (κ2) is 14.8. The molecule has 0 aliphatic heterocycles. The van der Waals surface area contributed by atoms with Gasteiger partial charge in [-0.3, -0.25) is 0 Å². The Morgan fingerprint density at radius 2 is 0.908 bits per heavy atom. The van der Waals surface area contributed by atoms with Crippen LogP contribution < -0.4 is 4.90 Å². The van der Waals surface area contributed by atoms with E-state index in [1.165, 1.54) is 59.4 Å². The fourth-order valence-corrected chi connectivity index (χ4v) is 10.3. The number of hydrogen-bond donors (Lipinski definition) is 0. The number of fused-ring (bicyclic) bond motifs is 5. The molecule has 0 saturated carbocycles. The summed E-state index contributed by atoms with van der Waals surface area (Å²) < 4.78 is 19.6. The average Bonchev–Trinajstić information content (AvgIpc) is 3.70. The van der Waals surface area contributed by atoms with Crippen LogP contribution in [-0.2, 0) is 0 Å². The van der Waals surface area contributed by atoms with Crippen molar-refractivity contribution in [1.29, 1.82) is 0 Å². The Labute approximate surface area is 375 Å². The molecule has 12 aromatic carbocycles. The normalized spacial score (nSPS) is 11.8. The molecule has 65 heavy (non-hydrogen) atoms. The Morgan fingerprint density at radius 3 is 1.68 bits per heavy atom. The van der Waals surface area contributed by atoms with Crippen molar-refractivity contribution >= 4 is 82.0 Å². The topological polar surface area (TPSA) is 8.17 Å². The van der Waals surface area contributed by atoms with Gasteiger partial charge in [0.2, 0.25) is 0 Å². The van der Waals surface area contributed by atoms with Gasteiger partial charge in [0.1, 0.15) is 5.82 Å². The highest BCUT2D eigenvalue weighted by Gasteiger charge is 2.24. The smallest absolute Gasteiger partial charge is 0.148 e. The zero-order valence-electron chi connectivity index (χ0n) is 35.3. The van der Waals surface area contributed by atoms with E-state index in [1.807, 2.05) is 78.9 Å². The highest BCUT2D eigenvalue weighted by molar-refractivity contribution is 6.33. The molecule has 2 nitrogen and oxygen atoms in total. The molecule has 0 aliphatic carbocycles. The van der Waals surface area contributed by atoms with E-state index in [2.05, 4.69) is 161 Å². The lowest BCUT2D eigenvalue weighted by molar-refractivity contribution is 0.630. The molecule has 0 radical (unpaired) electrons. The number of halogens is 1. The summed E-state index contributed by atoms with van der Waals surface area (Å²) in [5, 5.41) is 12.6. The summed E-state index contributed by atoms with van der Waals surface area (Å²) in [7, 11) is 0. The van der Waals surface area contributed by atoms with Gasteiger partial charge in [0.15, 0.2) is 0 Å². The first-order valence-corrected chi connectivity index (χ1v) is 22.2. The number of anilines is 3. The van der Waals surface area contributed by atoms with Gasteiger partial charge in [-0.15, -0.1) is 0 Å². The SMILES string of the molecule is Fc1cc(-c2ccccc2)cc(-c2ccccc2)c1N(c1ccccc1)c1ccc(-c2ccc3c4c5ccc6cccc7ccc(cc4n(-c4ccc8ccccc8c4)c3c2)c5c76)cc1. The van der Waals surface area contributed by atoms with E-state index in [9.17, 15) is 0 Å². The Balaban J connectivity index is 0.997. The van der Waals surface area contributed by atoms with Crippen LogP contribution in [0.25, 0.3) is 104 Å². The quantitative estimate of drug-likeness (QED) is 0.145. The maximum absolute atomic E-state index is 17.1. The highest BCUT2D eigenvalue weighted by atomic mass is 19.1. The van der Waals surface area contributed by atoms with Gasteiger partial charge in [-0.25, -0.2) is 4.39 Å². The summed E-state index contributed by atoms with van der Waals surface area (Å²) in [5.41, 5.74) is 11.4. The van der Waals surface area contributed by atoms with Crippen LogP contribution in [0.15, 0.2) is 237 Å². The monoisotopic (exact) mass is 830 g/mol. The number of aromatic nitrogens is 1. The molecule has 0 spiro atoms. The first-order chi connectivity index (χ1) is 32.1. The van der Waals surface area contributed by atoms with Crippen molar-refractivity contribution in [3.63, 3.8) is 0 Å². The molecular weight excluding hydrogens is 792 g/mol. The van der Waals surface area contributed by atoms with Gasteiger partial charge in [-0.1, -0.05) is 176 Å². The zero-order chi connectivity index (χ0) is 43.0. The Hall–Kier alpha value is -8.53. The maximum atomic E-state index is 17.1. The third-order valence-electron chi connectivity index (χ3n) is 13.3. The van der Waals surface area contributed by atoms with E-state index in [4.69, 9.17) is 0 Å². The van der Waals surface area contributed by atoms with Crippen LogP contribution in [-0.4, -0.2) is 4.57 Å². The molecule has 0 fully saturated rings. The van der Waals surface area contributed by atoms with Crippen LogP contribution in [0.1, 0.15) is 0 Å². The molecule has 13 rings (SSSR count). The second-order valence-electron chi connectivity index (χ2n) is 17.0. The fraction of sp³-hybridized carbons (Fsp3) is 0. The Bertz CT molecular complexity index is 3910. The van der Waals surface area contributed by atoms with E-state index in [1.54, 1.807) is 6.07 Å². The van der Waals surface area contributed by atoms with E-state index >= 15 is 4.39 Å². The van der Waals surface area contributed by atoms with Gasteiger partial charge in [0, 0.05) is 33.4 Å². The van der Waals surface area contributed by atoms with Gasteiger partial charge < -0.3 is 9.47 Å². The number of para-hydroxylation sites is 1. The molecular formula is C62H39FN2. The molecule has 0 unspecified atom stereocenters. The van der Waals surface area contributed by atoms with Crippen molar-refractivity contribution in [2.24, 2.45) is 0 Å². The third kappa shape index (κ3) is 6.01. The van der Waals surface area contributed by atoms with E-state index in [0.29, 0.717) is 5.69 Å². The van der Waals surface area contributed by atoms with Gasteiger partial charge in [-0.05, 0) is 132 Å². The molecule has 0 aliphatic rings. The molecule has 1 aromatic heterocycles. The molecule has 13 aromatic rings. The first kappa shape index (κ1) is 37.1. The fourth-order valence-electron chi connectivity index (χ4n) is 10.3. The van der Waals surface area contributed by atoms with Crippen LogP contribution in [0.2, 0.25) is 0 Å². The van der Waals surface area contributed by atoms with Gasteiger partial charge >= 0.3 is 0 Å². The molecule has 304 valence electrons. The molecule has 3 heteroatoms. The third-order valence-corrected chi connectivity index (χ3v) is 13.3. The molecule has 0 amide bonds. The molecule has 0 bridgehead atoms. The summed E-state index contributed by atoms with van der Waals surface area (Å²) in [4.78, 5) is 2.05. The van der Waals surface area contributed by atoms with Crippen molar-refractivity contribution < 1.29 is 4.39 Å². The lowest BCUT2D eigenvalue weighted by atomic mass is 9.92. The minimum absolute atomic E-state index is 0.295. The number of benzene rings is 12. The van der Waals surface area contributed by atoms with E-state index < -0.39 is 0 Å². The summed E-state index contributed by atoms with van der Waals surface area (Å²) in [6.07, 6.45) is 0. The van der Waals surface area contributed by atoms with Gasteiger partial charge in [-0.2, -0.15) is 0 Å². The van der Waals surface area contributed by atoms with Gasteiger partial charge in [0.05, 0.1) is 16.7 Å².